The van der Waals surface area contributed by atoms with Gasteiger partial charge < -0.3 is 28.4 Å². The molecule has 33 heavy (non-hydrogen) atoms. The fourth-order valence-electron chi connectivity index (χ4n) is 7.92. The molecule has 0 amide bonds. The van der Waals surface area contributed by atoms with Gasteiger partial charge in [-0.1, -0.05) is 20.3 Å². The summed E-state index contributed by atoms with van der Waals surface area (Å²) in [5, 5.41) is 0. The second-order valence-electron chi connectivity index (χ2n) is 11.2. The lowest BCUT2D eigenvalue weighted by atomic mass is 9.42. The molecule has 8 nitrogen and oxygen atoms in total. The topological polar surface area (TPSA) is 92.8 Å². The fourth-order valence-corrected chi connectivity index (χ4v) is 7.92. The molecule has 1 spiro atoms. The third kappa shape index (κ3) is 3.46. The van der Waals surface area contributed by atoms with E-state index in [9.17, 15) is 9.59 Å². The highest BCUT2D eigenvalue weighted by molar-refractivity contribution is 5.67. The molecule has 0 bridgehead atoms. The first-order valence-corrected chi connectivity index (χ1v) is 12.4. The third-order valence-corrected chi connectivity index (χ3v) is 9.75. The van der Waals surface area contributed by atoms with E-state index in [0.717, 1.165) is 32.1 Å². The van der Waals surface area contributed by atoms with Gasteiger partial charge in [0.05, 0.1) is 18.1 Å². The van der Waals surface area contributed by atoms with Crippen LogP contribution < -0.4 is 0 Å². The van der Waals surface area contributed by atoms with Crippen molar-refractivity contribution in [1.29, 1.82) is 0 Å². The Morgan fingerprint density at radius 2 is 1.85 bits per heavy atom. The molecule has 3 aliphatic heterocycles. The van der Waals surface area contributed by atoms with Crippen LogP contribution in [0.4, 0.5) is 0 Å². The van der Waals surface area contributed by atoms with Gasteiger partial charge in [-0.05, 0) is 37.5 Å². The molecule has 0 radical (unpaired) electrons. The van der Waals surface area contributed by atoms with Crippen molar-refractivity contribution in [2.75, 3.05) is 20.3 Å². The van der Waals surface area contributed by atoms with Gasteiger partial charge in [-0.3, -0.25) is 9.59 Å². The maximum absolute atomic E-state index is 12.2. The normalized spacial score (nSPS) is 50.5. The highest BCUT2D eigenvalue weighted by Gasteiger charge is 2.76. The van der Waals surface area contributed by atoms with Crippen molar-refractivity contribution in [2.24, 2.45) is 28.6 Å². The maximum atomic E-state index is 12.2. The minimum atomic E-state index is -0.583. The van der Waals surface area contributed by atoms with E-state index in [1.807, 2.05) is 0 Å². The molecule has 0 aromatic heterocycles. The van der Waals surface area contributed by atoms with Gasteiger partial charge in [0.15, 0.2) is 12.6 Å². The van der Waals surface area contributed by atoms with Gasteiger partial charge in [-0.15, -0.1) is 0 Å². The summed E-state index contributed by atoms with van der Waals surface area (Å²) in [4.78, 5) is 24.2. The monoisotopic (exact) mass is 466 g/mol. The lowest BCUT2D eigenvalue weighted by Crippen LogP contribution is -2.69. The van der Waals surface area contributed by atoms with Gasteiger partial charge in [0.2, 0.25) is 0 Å². The molecule has 2 saturated carbocycles. The molecule has 3 heterocycles. The number of hydrogen-bond donors (Lipinski definition) is 0. The van der Waals surface area contributed by atoms with Crippen molar-refractivity contribution in [2.45, 2.75) is 96.6 Å². The zero-order valence-electron chi connectivity index (χ0n) is 20.5. The van der Waals surface area contributed by atoms with Crippen LogP contribution in [-0.2, 0) is 38.0 Å². The Hall–Kier alpha value is -1.22. The average molecular weight is 467 g/mol. The number of esters is 2. The number of methoxy groups -OCH3 is 1. The van der Waals surface area contributed by atoms with E-state index < -0.39 is 11.0 Å². The van der Waals surface area contributed by atoms with Crippen molar-refractivity contribution < 1.29 is 38.0 Å². The highest BCUT2D eigenvalue weighted by atomic mass is 16.8. The van der Waals surface area contributed by atoms with E-state index in [0.29, 0.717) is 18.9 Å². The number of epoxide rings is 1. The summed E-state index contributed by atoms with van der Waals surface area (Å²) in [6.45, 7) is 8.29. The smallest absolute Gasteiger partial charge is 0.302 e. The SMILES string of the molecule is CO[C@@H]1CC2C[C@@H]([C@@]3(C)[C@H](C)C[C@H](OC(C)=O)[C@]4(COC(C)=O)[C@@H]3CCC[C@]43CO3)OC2O1. The van der Waals surface area contributed by atoms with Gasteiger partial charge in [0.25, 0.3) is 0 Å². The first kappa shape index (κ1) is 23.5. The van der Waals surface area contributed by atoms with Gasteiger partial charge in [0.1, 0.15) is 18.3 Å². The maximum Gasteiger partial charge on any atom is 0.302 e. The van der Waals surface area contributed by atoms with Crippen LogP contribution in [0.5, 0.6) is 0 Å². The number of rotatable bonds is 5. The molecular weight excluding hydrogens is 428 g/mol. The summed E-state index contributed by atoms with van der Waals surface area (Å²) in [5.41, 5.74) is -1.20. The third-order valence-electron chi connectivity index (χ3n) is 9.75. The van der Waals surface area contributed by atoms with Crippen molar-refractivity contribution in [1.82, 2.24) is 0 Å². The first-order chi connectivity index (χ1) is 15.7. The summed E-state index contributed by atoms with van der Waals surface area (Å²) in [7, 11) is 1.67. The molecule has 5 aliphatic rings. The molecule has 186 valence electrons. The zero-order chi connectivity index (χ0) is 23.6. The number of fused-ring (bicyclic) bond motifs is 3. The Bertz CT molecular complexity index is 781. The van der Waals surface area contributed by atoms with E-state index in [4.69, 9.17) is 28.4 Å². The van der Waals surface area contributed by atoms with E-state index >= 15 is 0 Å². The number of hydrogen-bond acceptors (Lipinski definition) is 8. The Morgan fingerprint density at radius 1 is 1.09 bits per heavy atom. The van der Waals surface area contributed by atoms with Gasteiger partial charge in [0, 0.05) is 38.7 Å². The highest BCUT2D eigenvalue weighted by Crippen LogP contribution is 2.70. The van der Waals surface area contributed by atoms with E-state index in [1.54, 1.807) is 7.11 Å². The molecule has 0 N–H and O–H groups in total. The summed E-state index contributed by atoms with van der Waals surface area (Å²) in [6, 6.07) is 0. The summed E-state index contributed by atoms with van der Waals surface area (Å²) >= 11 is 0. The van der Waals surface area contributed by atoms with E-state index in [-0.39, 0.29) is 60.6 Å². The molecule has 5 rings (SSSR count). The molecule has 5 fully saturated rings. The van der Waals surface area contributed by atoms with Gasteiger partial charge in [-0.2, -0.15) is 0 Å². The lowest BCUT2D eigenvalue weighted by molar-refractivity contribution is -0.265. The molecule has 3 saturated heterocycles. The number of carbonyl (C=O) groups excluding carboxylic acids is 2. The standard InChI is InChI=1S/C25H38O8/c1-14-9-20(31-16(3)27)25(13-29-15(2)26)18(7-6-8-24(25)12-30-24)23(14,4)19-10-17-11-21(28-5)33-22(17)32-19/h14,17-22H,6-13H2,1-5H3/t14-,17?,18-,19+,20+,21+,22?,23+,24+,25+/m1/s1. The van der Waals surface area contributed by atoms with Crippen LogP contribution in [0.15, 0.2) is 0 Å². The Balaban J connectivity index is 1.53. The summed E-state index contributed by atoms with van der Waals surface area (Å²) in [6.07, 6.45) is 4.53. The Kier molecular flexibility index (Phi) is 5.83. The summed E-state index contributed by atoms with van der Waals surface area (Å²) < 4.78 is 35.9. The Morgan fingerprint density at radius 3 is 2.45 bits per heavy atom. The van der Waals surface area contributed by atoms with E-state index in [2.05, 4.69) is 13.8 Å². The van der Waals surface area contributed by atoms with Crippen molar-refractivity contribution in [3.8, 4) is 0 Å². The predicted octanol–water partition coefficient (Wildman–Crippen LogP) is 3.21. The van der Waals surface area contributed by atoms with Crippen LogP contribution in [0.2, 0.25) is 0 Å². The van der Waals surface area contributed by atoms with Crippen molar-refractivity contribution in [3.63, 3.8) is 0 Å². The lowest BCUT2D eigenvalue weighted by Gasteiger charge is -2.64. The van der Waals surface area contributed by atoms with Gasteiger partial charge in [-0.25, -0.2) is 0 Å². The zero-order valence-corrected chi connectivity index (χ0v) is 20.5. The molecular formula is C25H38O8. The van der Waals surface area contributed by atoms with Crippen molar-refractivity contribution in [3.05, 3.63) is 0 Å². The largest absolute Gasteiger partial charge is 0.465 e. The second-order valence-corrected chi connectivity index (χ2v) is 11.2. The van der Waals surface area contributed by atoms with Crippen LogP contribution in [0.25, 0.3) is 0 Å². The minimum Gasteiger partial charge on any atom is -0.465 e. The predicted molar refractivity (Wildman–Crippen MR) is 116 cm³/mol. The quantitative estimate of drug-likeness (QED) is 0.451. The van der Waals surface area contributed by atoms with Crippen LogP contribution in [0.1, 0.15) is 66.2 Å². The second kappa shape index (κ2) is 8.18. The Labute approximate surface area is 195 Å². The van der Waals surface area contributed by atoms with Gasteiger partial charge >= 0.3 is 11.9 Å². The first-order valence-electron chi connectivity index (χ1n) is 12.4. The van der Waals surface area contributed by atoms with Crippen LogP contribution in [-0.4, -0.2) is 62.7 Å². The molecule has 2 unspecified atom stereocenters. The molecule has 0 aromatic carbocycles. The minimum absolute atomic E-state index is 0.00851. The van der Waals surface area contributed by atoms with Crippen molar-refractivity contribution >= 4 is 11.9 Å². The number of carbonyl (C=O) groups is 2. The van der Waals surface area contributed by atoms with E-state index in [1.165, 1.54) is 13.8 Å². The number of ether oxygens (including phenoxy) is 6. The summed E-state index contributed by atoms with van der Waals surface area (Å²) in [5.74, 6) is 0.0533. The molecule has 2 aliphatic carbocycles. The average Bonchev–Trinajstić information content (AvgIpc) is 3.25. The van der Waals surface area contributed by atoms with Crippen LogP contribution in [0.3, 0.4) is 0 Å². The van der Waals surface area contributed by atoms with Crippen LogP contribution in [0, 0.1) is 28.6 Å². The molecule has 10 atom stereocenters. The molecule has 8 heteroatoms. The fraction of sp³-hybridized carbons (Fsp3) is 0.920. The molecule has 0 aromatic rings. The van der Waals surface area contributed by atoms with Crippen LogP contribution >= 0.6 is 0 Å².